The second kappa shape index (κ2) is 5.12. The SMILES string of the molecule is Cc1c(C)[si](C)c(C)c(C)[si]1C.[NaH]. The Kier molecular flexibility index (Phi) is 5.48. The van der Waals surface area contributed by atoms with Crippen molar-refractivity contribution in [2.75, 3.05) is 0 Å². The zero-order chi connectivity index (χ0) is 9.46. The van der Waals surface area contributed by atoms with Crippen LogP contribution in [0.3, 0.4) is 0 Å². The molecule has 0 aliphatic heterocycles. The molecule has 0 aliphatic rings. The summed E-state index contributed by atoms with van der Waals surface area (Å²) in [5.41, 5.74) is 0. The van der Waals surface area contributed by atoms with E-state index in [-0.39, 0.29) is 46.4 Å². The van der Waals surface area contributed by atoms with Gasteiger partial charge in [0.15, 0.2) is 0 Å². The van der Waals surface area contributed by atoms with Gasteiger partial charge >= 0.3 is 29.6 Å². The molecule has 1 rings (SSSR count). The number of hydrogen-bond donors (Lipinski definition) is 0. The molecule has 0 N–H and O–H groups in total. The molecular weight excluding hydrogens is 199 g/mol. The second-order valence-electron chi connectivity index (χ2n) is 3.75. The molecule has 0 amide bonds. The monoisotopic (exact) mass is 218 g/mol. The third-order valence-electron chi connectivity index (χ3n) is 3.38. The summed E-state index contributed by atoms with van der Waals surface area (Å²) >= 11 is 0. The minimum atomic E-state index is -0.293. The topological polar surface area (TPSA) is 0 Å². The molecule has 0 unspecified atom stereocenters. The first-order valence-electron chi connectivity index (χ1n) is 4.50. The normalized spacial score (nSPS) is 9.69. The second-order valence-corrected chi connectivity index (χ2v) is 9.25. The van der Waals surface area contributed by atoms with E-state index in [0.717, 1.165) is 0 Å². The molecule has 1 aromatic rings. The first-order valence-corrected chi connectivity index (χ1v) is 8.50. The molecule has 1 aromatic heterocycles. The van der Waals surface area contributed by atoms with E-state index in [4.69, 9.17) is 0 Å². The first kappa shape index (κ1) is 13.9. The third kappa shape index (κ3) is 2.48. The zero-order valence-electron chi connectivity index (χ0n) is 9.00. The van der Waals surface area contributed by atoms with Gasteiger partial charge in [0.1, 0.15) is 0 Å². The van der Waals surface area contributed by atoms with Gasteiger partial charge in [0.25, 0.3) is 0 Å². The Bertz CT molecular complexity index is 227. The Morgan fingerprint density at radius 2 is 0.769 bits per heavy atom. The van der Waals surface area contributed by atoms with Gasteiger partial charge in [0.2, 0.25) is 0 Å². The van der Waals surface area contributed by atoms with Gasteiger partial charge in [-0.25, -0.2) is 0 Å². The summed E-state index contributed by atoms with van der Waals surface area (Å²) in [6, 6.07) is 0. The van der Waals surface area contributed by atoms with Gasteiger partial charge in [0, 0.05) is 16.8 Å². The van der Waals surface area contributed by atoms with Crippen LogP contribution in [0.4, 0.5) is 0 Å². The van der Waals surface area contributed by atoms with E-state index in [1.807, 2.05) is 0 Å². The minimum absolute atomic E-state index is 0. The van der Waals surface area contributed by atoms with E-state index >= 15 is 0 Å². The van der Waals surface area contributed by atoms with Gasteiger partial charge < -0.3 is 0 Å². The molecule has 0 radical (unpaired) electrons. The summed E-state index contributed by atoms with van der Waals surface area (Å²) in [6.07, 6.45) is 0. The Hall–Kier alpha value is 0.914. The van der Waals surface area contributed by atoms with Crippen LogP contribution in [0.25, 0.3) is 0 Å². The molecule has 68 valence electrons. The molecule has 0 saturated heterocycles. The fourth-order valence-electron chi connectivity index (χ4n) is 1.69. The molecule has 1 heterocycles. The van der Waals surface area contributed by atoms with Crippen LogP contribution in [0.2, 0.25) is 0 Å². The predicted molar refractivity (Wildman–Crippen MR) is 66.4 cm³/mol. The van der Waals surface area contributed by atoms with Crippen molar-refractivity contribution in [1.29, 1.82) is 0 Å². The number of hydrogen-bond acceptors (Lipinski definition) is 0. The van der Waals surface area contributed by atoms with Crippen molar-refractivity contribution in [2.45, 2.75) is 27.7 Å². The summed E-state index contributed by atoms with van der Waals surface area (Å²) in [5, 5.41) is 6.89. The summed E-state index contributed by atoms with van der Waals surface area (Å²) < 4.78 is 0. The Labute approximate surface area is 107 Å². The Morgan fingerprint density at radius 3 is 0.923 bits per heavy atom. The predicted octanol–water partition coefficient (Wildman–Crippen LogP) is 1.40. The van der Waals surface area contributed by atoms with E-state index in [1.54, 1.807) is 20.7 Å². The van der Waals surface area contributed by atoms with Crippen LogP contribution in [0.1, 0.15) is 20.7 Å². The van der Waals surface area contributed by atoms with E-state index in [2.05, 4.69) is 40.8 Å². The van der Waals surface area contributed by atoms with Crippen molar-refractivity contribution in [3.05, 3.63) is 20.7 Å². The van der Waals surface area contributed by atoms with Gasteiger partial charge in [-0.1, -0.05) is 33.8 Å². The van der Waals surface area contributed by atoms with Crippen LogP contribution in [0.5, 0.6) is 0 Å². The van der Waals surface area contributed by atoms with Crippen molar-refractivity contribution in [3.8, 4) is 0 Å². The summed E-state index contributed by atoms with van der Waals surface area (Å²) in [6.45, 7) is 14.2. The summed E-state index contributed by atoms with van der Waals surface area (Å²) in [7, 11) is -0.587. The van der Waals surface area contributed by atoms with Gasteiger partial charge in [-0.3, -0.25) is 0 Å². The maximum absolute atomic E-state index is 2.43. The van der Waals surface area contributed by atoms with Crippen molar-refractivity contribution in [1.82, 2.24) is 0 Å². The molecule has 0 fully saturated rings. The summed E-state index contributed by atoms with van der Waals surface area (Å²) in [4.78, 5) is 0. The van der Waals surface area contributed by atoms with E-state index in [0.29, 0.717) is 0 Å². The molecule has 0 aromatic carbocycles. The average molecular weight is 218 g/mol. The van der Waals surface area contributed by atoms with Crippen LogP contribution in [-0.2, 0) is 13.1 Å². The first-order chi connectivity index (χ1) is 5.46. The van der Waals surface area contributed by atoms with Crippen molar-refractivity contribution in [3.63, 3.8) is 0 Å². The van der Waals surface area contributed by atoms with Crippen molar-refractivity contribution < 1.29 is 0 Å². The molecule has 0 bridgehead atoms. The fourth-order valence-corrected chi connectivity index (χ4v) is 7.31. The Balaban J connectivity index is 0.00000144. The van der Waals surface area contributed by atoms with Crippen LogP contribution >= 0.6 is 0 Å². The molecule has 0 nitrogen and oxygen atoms in total. The molecule has 13 heavy (non-hydrogen) atoms. The molecule has 0 saturated carbocycles. The molecule has 0 aliphatic carbocycles. The molecule has 0 atom stereocenters. The number of rotatable bonds is 0. The maximum atomic E-state index is 2.43. The standard InChI is InChI=1S/C10H18Si2.Na.H/c1-7-8(2)12(6)10(4)9(3)11(7)5;;/h1-6H3;;. The summed E-state index contributed by atoms with van der Waals surface area (Å²) in [5.74, 6) is 0. The van der Waals surface area contributed by atoms with E-state index < -0.39 is 0 Å². The van der Waals surface area contributed by atoms with Gasteiger partial charge in [0.05, 0.1) is 0 Å². The van der Waals surface area contributed by atoms with Crippen molar-refractivity contribution >= 4 is 46.4 Å². The third-order valence-corrected chi connectivity index (χ3v) is 9.88. The van der Waals surface area contributed by atoms with E-state index in [1.165, 1.54) is 0 Å². The average Bonchev–Trinajstić information content (AvgIpc) is 2.08. The molecule has 3 heteroatoms. The van der Waals surface area contributed by atoms with Crippen LogP contribution in [0, 0.1) is 27.7 Å². The van der Waals surface area contributed by atoms with Gasteiger partial charge in [-0.05, 0) is 27.7 Å². The van der Waals surface area contributed by atoms with Crippen LogP contribution in [0.15, 0.2) is 0 Å². The van der Waals surface area contributed by atoms with Gasteiger partial charge in [-0.2, -0.15) is 0 Å². The van der Waals surface area contributed by atoms with E-state index in [9.17, 15) is 0 Å². The van der Waals surface area contributed by atoms with Crippen molar-refractivity contribution in [2.24, 2.45) is 13.1 Å². The quantitative estimate of drug-likeness (QED) is 0.578. The fraction of sp³-hybridized carbons (Fsp3) is 0.600. The van der Waals surface area contributed by atoms with Crippen LogP contribution < -0.4 is 0 Å². The van der Waals surface area contributed by atoms with Gasteiger partial charge in [-0.15, -0.1) is 0 Å². The Morgan fingerprint density at radius 1 is 0.615 bits per heavy atom. The molecule has 0 spiro atoms. The molecular formula is C10H19NaSi2. The zero-order valence-corrected chi connectivity index (χ0v) is 11.0. The van der Waals surface area contributed by atoms with Crippen LogP contribution in [-0.4, -0.2) is 46.4 Å².